The van der Waals surface area contributed by atoms with E-state index in [-0.39, 0.29) is 5.91 Å². The van der Waals surface area contributed by atoms with Gasteiger partial charge in [0.05, 0.1) is 5.69 Å². The zero-order valence-corrected chi connectivity index (χ0v) is 16.1. The highest BCUT2D eigenvalue weighted by molar-refractivity contribution is 6.04. The number of carbonyl (C=O) groups is 1. The van der Waals surface area contributed by atoms with E-state index in [1.807, 2.05) is 54.6 Å². The Morgan fingerprint density at radius 2 is 1.71 bits per heavy atom. The number of carbonyl (C=O) groups excluding carboxylic acids is 1. The quantitative estimate of drug-likeness (QED) is 0.713. The van der Waals surface area contributed by atoms with Crippen LogP contribution in [0, 0.1) is 0 Å². The molecule has 0 unspecified atom stereocenters. The van der Waals surface area contributed by atoms with Gasteiger partial charge in [-0.05, 0) is 49.1 Å². The average molecular weight is 372 g/mol. The van der Waals surface area contributed by atoms with Crippen molar-refractivity contribution in [1.29, 1.82) is 0 Å². The van der Waals surface area contributed by atoms with Crippen LogP contribution in [0.5, 0.6) is 0 Å². The molecular formula is C23H24N4O. The molecule has 2 aromatic carbocycles. The number of rotatable bonds is 5. The first-order chi connectivity index (χ1) is 13.7. The van der Waals surface area contributed by atoms with E-state index in [0.717, 1.165) is 42.3 Å². The largest absolute Gasteiger partial charge is 0.357 e. The molecule has 0 atom stereocenters. The van der Waals surface area contributed by atoms with Crippen LogP contribution in [0.1, 0.15) is 35.7 Å². The van der Waals surface area contributed by atoms with Gasteiger partial charge in [-0.15, -0.1) is 0 Å². The minimum Gasteiger partial charge on any atom is -0.357 e. The standard InChI is InChI=1S/C23H24N4O/c1-2-17-5-11-20(12-6-17)26-23(28)19-9-7-18(8-10-19)21-15-22(25-16-24-21)27-13-3-4-14-27/h5-12,15-16H,2-4,13-14H2,1H3,(H,26,28). The lowest BCUT2D eigenvalue weighted by molar-refractivity contribution is 0.102. The number of nitrogens with one attached hydrogen (secondary N) is 1. The van der Waals surface area contributed by atoms with Gasteiger partial charge >= 0.3 is 0 Å². The number of aromatic nitrogens is 2. The van der Waals surface area contributed by atoms with Crippen LogP contribution in [0.4, 0.5) is 11.5 Å². The Bertz CT molecular complexity index is 945. The Morgan fingerprint density at radius 1 is 1.00 bits per heavy atom. The van der Waals surface area contributed by atoms with Gasteiger partial charge in [0.1, 0.15) is 12.1 Å². The number of nitrogens with zero attached hydrogens (tertiary/aromatic N) is 3. The van der Waals surface area contributed by atoms with Crippen LogP contribution >= 0.6 is 0 Å². The fourth-order valence-corrected chi connectivity index (χ4v) is 3.44. The number of benzene rings is 2. The van der Waals surface area contributed by atoms with Gasteiger partial charge in [-0.25, -0.2) is 9.97 Å². The lowest BCUT2D eigenvalue weighted by atomic mass is 10.1. The molecule has 0 spiro atoms. The van der Waals surface area contributed by atoms with Crippen LogP contribution in [0.3, 0.4) is 0 Å². The third-order valence-electron chi connectivity index (χ3n) is 5.15. The zero-order chi connectivity index (χ0) is 19.3. The smallest absolute Gasteiger partial charge is 0.255 e. The number of amides is 1. The fourth-order valence-electron chi connectivity index (χ4n) is 3.44. The summed E-state index contributed by atoms with van der Waals surface area (Å²) in [6.07, 6.45) is 5.02. The molecule has 0 radical (unpaired) electrons. The van der Waals surface area contributed by atoms with Gasteiger partial charge in [0.2, 0.25) is 0 Å². The third-order valence-corrected chi connectivity index (χ3v) is 5.15. The molecule has 0 aliphatic carbocycles. The normalized spacial score (nSPS) is 13.5. The SMILES string of the molecule is CCc1ccc(NC(=O)c2ccc(-c3cc(N4CCCC4)ncn3)cc2)cc1. The van der Waals surface area contributed by atoms with Crippen molar-refractivity contribution >= 4 is 17.4 Å². The molecule has 1 aliphatic rings. The summed E-state index contributed by atoms with van der Waals surface area (Å²) in [5, 5.41) is 2.94. The summed E-state index contributed by atoms with van der Waals surface area (Å²) in [4.78, 5) is 23.6. The van der Waals surface area contributed by atoms with Crippen LogP contribution in [-0.4, -0.2) is 29.0 Å². The highest BCUT2D eigenvalue weighted by Crippen LogP contribution is 2.23. The molecule has 1 saturated heterocycles. The molecule has 1 fully saturated rings. The highest BCUT2D eigenvalue weighted by Gasteiger charge is 2.14. The van der Waals surface area contributed by atoms with E-state index in [9.17, 15) is 4.79 Å². The van der Waals surface area contributed by atoms with Crippen molar-refractivity contribution in [3.8, 4) is 11.3 Å². The maximum absolute atomic E-state index is 12.5. The lowest BCUT2D eigenvalue weighted by Gasteiger charge is -2.16. The van der Waals surface area contributed by atoms with Crippen molar-refractivity contribution < 1.29 is 4.79 Å². The van der Waals surface area contributed by atoms with Gasteiger partial charge in [-0.1, -0.05) is 31.2 Å². The molecule has 0 saturated carbocycles. The first-order valence-corrected chi connectivity index (χ1v) is 9.80. The van der Waals surface area contributed by atoms with Crippen molar-refractivity contribution in [1.82, 2.24) is 9.97 Å². The van der Waals surface area contributed by atoms with Gasteiger partial charge in [0.25, 0.3) is 5.91 Å². The first-order valence-electron chi connectivity index (χ1n) is 9.80. The van der Waals surface area contributed by atoms with Crippen LogP contribution < -0.4 is 10.2 Å². The lowest BCUT2D eigenvalue weighted by Crippen LogP contribution is -2.19. The Hall–Kier alpha value is -3.21. The molecular weight excluding hydrogens is 348 g/mol. The topological polar surface area (TPSA) is 58.1 Å². The van der Waals surface area contributed by atoms with Crippen molar-refractivity contribution in [2.45, 2.75) is 26.2 Å². The van der Waals surface area contributed by atoms with Crippen molar-refractivity contribution in [2.75, 3.05) is 23.3 Å². The molecule has 0 bridgehead atoms. The van der Waals surface area contributed by atoms with Crippen LogP contribution in [0.2, 0.25) is 0 Å². The van der Waals surface area contributed by atoms with Gasteiger partial charge in [0, 0.05) is 36.0 Å². The maximum Gasteiger partial charge on any atom is 0.255 e. The van der Waals surface area contributed by atoms with Crippen molar-refractivity contribution in [3.05, 3.63) is 72.1 Å². The fraction of sp³-hybridized carbons (Fsp3) is 0.261. The summed E-state index contributed by atoms with van der Waals surface area (Å²) in [6.45, 7) is 4.21. The summed E-state index contributed by atoms with van der Waals surface area (Å²) in [5.41, 5.74) is 4.53. The average Bonchev–Trinajstić information content (AvgIpc) is 3.29. The van der Waals surface area contributed by atoms with Crippen LogP contribution in [-0.2, 0) is 6.42 Å². The number of anilines is 2. The second-order valence-corrected chi connectivity index (χ2v) is 7.04. The minimum atomic E-state index is -0.115. The van der Waals surface area contributed by atoms with E-state index < -0.39 is 0 Å². The monoisotopic (exact) mass is 372 g/mol. The highest BCUT2D eigenvalue weighted by atomic mass is 16.1. The summed E-state index contributed by atoms with van der Waals surface area (Å²) in [6, 6.07) is 17.5. The second-order valence-electron chi connectivity index (χ2n) is 7.04. The van der Waals surface area contributed by atoms with E-state index >= 15 is 0 Å². The molecule has 1 N–H and O–H groups in total. The van der Waals surface area contributed by atoms with Crippen LogP contribution in [0.15, 0.2) is 60.9 Å². The molecule has 4 rings (SSSR count). The minimum absolute atomic E-state index is 0.115. The Morgan fingerprint density at radius 3 is 2.39 bits per heavy atom. The first kappa shape index (κ1) is 18.2. The van der Waals surface area contributed by atoms with Crippen molar-refractivity contribution in [2.24, 2.45) is 0 Å². The molecule has 5 nitrogen and oxygen atoms in total. The summed E-state index contributed by atoms with van der Waals surface area (Å²) in [7, 11) is 0. The summed E-state index contributed by atoms with van der Waals surface area (Å²) < 4.78 is 0. The number of hydrogen-bond acceptors (Lipinski definition) is 4. The predicted molar refractivity (Wildman–Crippen MR) is 113 cm³/mol. The van der Waals surface area contributed by atoms with Gasteiger partial charge in [0.15, 0.2) is 0 Å². The van der Waals surface area contributed by atoms with E-state index in [0.29, 0.717) is 5.56 Å². The van der Waals surface area contributed by atoms with Gasteiger partial charge in [-0.2, -0.15) is 0 Å². The maximum atomic E-state index is 12.5. The Balaban J connectivity index is 1.47. The molecule has 142 valence electrons. The Labute approximate surface area is 165 Å². The summed E-state index contributed by atoms with van der Waals surface area (Å²) >= 11 is 0. The molecule has 1 amide bonds. The summed E-state index contributed by atoms with van der Waals surface area (Å²) in [5.74, 6) is 0.857. The van der Waals surface area contributed by atoms with E-state index in [1.165, 1.54) is 18.4 Å². The Kier molecular flexibility index (Phi) is 5.33. The van der Waals surface area contributed by atoms with E-state index in [2.05, 4.69) is 27.1 Å². The molecule has 1 aromatic heterocycles. The third kappa shape index (κ3) is 4.03. The number of aryl methyl sites for hydroxylation is 1. The molecule has 5 heteroatoms. The number of hydrogen-bond donors (Lipinski definition) is 1. The second kappa shape index (κ2) is 8.21. The van der Waals surface area contributed by atoms with Gasteiger partial charge < -0.3 is 10.2 Å². The zero-order valence-electron chi connectivity index (χ0n) is 16.1. The van der Waals surface area contributed by atoms with E-state index in [1.54, 1.807) is 6.33 Å². The van der Waals surface area contributed by atoms with Crippen LogP contribution in [0.25, 0.3) is 11.3 Å². The molecule has 28 heavy (non-hydrogen) atoms. The predicted octanol–water partition coefficient (Wildman–Crippen LogP) is 4.56. The molecule has 1 aliphatic heterocycles. The van der Waals surface area contributed by atoms with Gasteiger partial charge in [-0.3, -0.25) is 4.79 Å². The molecule has 3 aromatic rings. The van der Waals surface area contributed by atoms with E-state index in [4.69, 9.17) is 0 Å². The molecule has 2 heterocycles. The van der Waals surface area contributed by atoms with Crippen molar-refractivity contribution in [3.63, 3.8) is 0 Å².